The summed E-state index contributed by atoms with van der Waals surface area (Å²) in [6.45, 7) is -0.582. The third-order valence-electron chi connectivity index (χ3n) is 4.20. The van der Waals surface area contributed by atoms with E-state index in [0.717, 1.165) is 0 Å². The number of rotatable bonds is 9. The van der Waals surface area contributed by atoms with E-state index < -0.39 is 54.1 Å². The molecule has 1 atom stereocenters. The Morgan fingerprint density at radius 1 is 0.964 bits per heavy atom. The van der Waals surface area contributed by atoms with Crippen molar-refractivity contribution >= 4 is 41.5 Å². The number of nitrogens with one attached hydrogen (secondary N) is 1. The van der Waals surface area contributed by atoms with E-state index in [1.54, 1.807) is 0 Å². The first-order chi connectivity index (χ1) is 13.2. The average Bonchev–Trinajstić information content (AvgIpc) is 3.13. The van der Waals surface area contributed by atoms with E-state index in [1.807, 2.05) is 0 Å². The van der Waals surface area contributed by atoms with Crippen molar-refractivity contribution in [3.05, 3.63) is 0 Å². The molecule has 5 amide bonds. The normalized spacial score (nSPS) is 17.9. The first-order valence-electron chi connectivity index (χ1n) is 8.61. The highest BCUT2D eigenvalue weighted by molar-refractivity contribution is 6.05. The SMILES string of the molecule is O=C(CCCC(C(=O)O)N1C(=O)CCC1=O)NCC(=O)ON1C(=O)CCC1=O. The molecule has 0 radical (unpaired) electrons. The zero-order chi connectivity index (χ0) is 20.8. The van der Waals surface area contributed by atoms with Crippen molar-refractivity contribution in [3.63, 3.8) is 0 Å². The number of aliphatic carboxylic acids is 1. The van der Waals surface area contributed by atoms with Gasteiger partial charge in [0.2, 0.25) is 17.7 Å². The molecule has 12 nitrogen and oxygen atoms in total. The van der Waals surface area contributed by atoms with Crippen molar-refractivity contribution in [3.8, 4) is 0 Å². The van der Waals surface area contributed by atoms with Crippen molar-refractivity contribution < 1.29 is 43.5 Å². The Morgan fingerprint density at radius 2 is 1.50 bits per heavy atom. The van der Waals surface area contributed by atoms with Crippen LogP contribution in [0.2, 0.25) is 0 Å². The van der Waals surface area contributed by atoms with Gasteiger partial charge in [-0.15, -0.1) is 5.06 Å². The molecule has 2 aliphatic rings. The molecule has 28 heavy (non-hydrogen) atoms. The summed E-state index contributed by atoms with van der Waals surface area (Å²) >= 11 is 0. The first-order valence-corrected chi connectivity index (χ1v) is 8.61. The molecule has 0 saturated carbocycles. The topological polar surface area (TPSA) is 167 Å². The third kappa shape index (κ3) is 5.11. The Hall–Kier alpha value is -3.31. The van der Waals surface area contributed by atoms with Crippen LogP contribution in [0.4, 0.5) is 0 Å². The van der Waals surface area contributed by atoms with Gasteiger partial charge in [-0.1, -0.05) is 0 Å². The predicted octanol–water partition coefficient (Wildman–Crippen LogP) is -1.52. The van der Waals surface area contributed by atoms with Gasteiger partial charge in [0.05, 0.1) is 0 Å². The lowest BCUT2D eigenvalue weighted by Gasteiger charge is -2.22. The molecule has 2 fully saturated rings. The summed E-state index contributed by atoms with van der Waals surface area (Å²) < 4.78 is 0. The van der Waals surface area contributed by atoms with E-state index in [4.69, 9.17) is 0 Å². The number of hydrogen-bond donors (Lipinski definition) is 2. The van der Waals surface area contributed by atoms with Crippen LogP contribution in [0.5, 0.6) is 0 Å². The Balaban J connectivity index is 1.72. The lowest BCUT2D eigenvalue weighted by molar-refractivity contribution is -0.196. The lowest BCUT2D eigenvalue weighted by atomic mass is 10.1. The summed E-state index contributed by atoms with van der Waals surface area (Å²) in [4.78, 5) is 85.9. The summed E-state index contributed by atoms with van der Waals surface area (Å²) in [6.07, 6.45) is -0.384. The van der Waals surface area contributed by atoms with Crippen molar-refractivity contribution in [1.29, 1.82) is 0 Å². The molecule has 0 aromatic rings. The molecule has 2 saturated heterocycles. The van der Waals surface area contributed by atoms with Crippen LogP contribution in [0.25, 0.3) is 0 Å². The monoisotopic (exact) mass is 397 g/mol. The zero-order valence-corrected chi connectivity index (χ0v) is 14.8. The van der Waals surface area contributed by atoms with Gasteiger partial charge in [0, 0.05) is 32.1 Å². The number of hydrogen-bond acceptors (Lipinski definition) is 8. The molecule has 12 heteroatoms. The fraction of sp³-hybridized carbons (Fsp3) is 0.562. The van der Waals surface area contributed by atoms with E-state index in [0.29, 0.717) is 9.96 Å². The van der Waals surface area contributed by atoms with Gasteiger partial charge in [-0.05, 0) is 12.8 Å². The Morgan fingerprint density at radius 3 is 2.04 bits per heavy atom. The summed E-state index contributed by atoms with van der Waals surface area (Å²) in [7, 11) is 0. The number of likely N-dealkylation sites (tertiary alicyclic amines) is 1. The molecule has 0 bridgehead atoms. The predicted molar refractivity (Wildman–Crippen MR) is 86.6 cm³/mol. The van der Waals surface area contributed by atoms with Crippen molar-refractivity contribution in [2.45, 2.75) is 51.0 Å². The third-order valence-corrected chi connectivity index (χ3v) is 4.20. The zero-order valence-electron chi connectivity index (χ0n) is 14.8. The van der Waals surface area contributed by atoms with Crippen molar-refractivity contribution in [2.24, 2.45) is 0 Å². The number of amides is 5. The summed E-state index contributed by atoms with van der Waals surface area (Å²) in [5, 5.41) is 11.8. The van der Waals surface area contributed by atoms with Crippen LogP contribution < -0.4 is 5.32 Å². The van der Waals surface area contributed by atoms with E-state index in [-0.39, 0.29) is 44.9 Å². The van der Waals surface area contributed by atoms with Crippen LogP contribution in [-0.2, 0) is 38.4 Å². The molecular formula is C16H19N3O9. The van der Waals surface area contributed by atoms with Gasteiger partial charge in [0.25, 0.3) is 11.8 Å². The number of nitrogens with zero attached hydrogens (tertiary/aromatic N) is 2. The standard InChI is InChI=1S/C16H19N3O9/c20-10(17-8-15(25)28-19-13(23)6-7-14(19)24)3-1-2-9(16(26)27)18-11(21)4-5-12(18)22/h9H,1-8H2,(H,17,20)(H,26,27). The summed E-state index contributed by atoms with van der Waals surface area (Å²) in [5.41, 5.74) is 0. The average molecular weight is 397 g/mol. The molecular weight excluding hydrogens is 378 g/mol. The number of carboxylic acid groups (broad SMARTS) is 1. The maximum absolute atomic E-state index is 11.8. The molecule has 0 spiro atoms. The molecule has 1 unspecified atom stereocenters. The van der Waals surface area contributed by atoms with E-state index in [9.17, 15) is 38.7 Å². The van der Waals surface area contributed by atoms with Crippen molar-refractivity contribution in [2.75, 3.05) is 6.54 Å². The van der Waals surface area contributed by atoms with Crippen LogP contribution in [0.3, 0.4) is 0 Å². The maximum Gasteiger partial charge on any atom is 0.352 e. The highest BCUT2D eigenvalue weighted by Crippen LogP contribution is 2.19. The quantitative estimate of drug-likeness (QED) is 0.439. The molecule has 2 N–H and O–H groups in total. The molecule has 2 aliphatic heterocycles. The number of carbonyl (C=O) groups excluding carboxylic acids is 6. The molecule has 0 aromatic carbocycles. The number of imide groups is 2. The minimum absolute atomic E-state index is 0.0345. The molecule has 152 valence electrons. The highest BCUT2D eigenvalue weighted by Gasteiger charge is 2.38. The van der Waals surface area contributed by atoms with Crippen molar-refractivity contribution in [1.82, 2.24) is 15.3 Å². The van der Waals surface area contributed by atoms with Gasteiger partial charge < -0.3 is 15.3 Å². The second kappa shape index (κ2) is 9.06. The van der Waals surface area contributed by atoms with Gasteiger partial charge in [-0.25, -0.2) is 9.59 Å². The molecule has 2 heterocycles. The molecule has 0 aliphatic carbocycles. The highest BCUT2D eigenvalue weighted by atomic mass is 16.7. The molecule has 2 rings (SSSR count). The number of hydroxylamine groups is 2. The minimum Gasteiger partial charge on any atom is -0.480 e. The fourth-order valence-corrected chi connectivity index (χ4v) is 2.81. The minimum atomic E-state index is -1.34. The van der Waals surface area contributed by atoms with E-state index in [1.165, 1.54) is 0 Å². The van der Waals surface area contributed by atoms with E-state index in [2.05, 4.69) is 10.2 Å². The number of carbonyl (C=O) groups is 7. The van der Waals surface area contributed by atoms with Crippen LogP contribution in [0, 0.1) is 0 Å². The Kier molecular flexibility index (Phi) is 6.79. The summed E-state index contributed by atoms with van der Waals surface area (Å²) in [6, 6.07) is -1.34. The Labute approximate surface area is 158 Å². The van der Waals surface area contributed by atoms with Gasteiger partial charge in [0.15, 0.2) is 0 Å². The van der Waals surface area contributed by atoms with E-state index >= 15 is 0 Å². The molecule has 0 aromatic heterocycles. The van der Waals surface area contributed by atoms with Gasteiger partial charge in [-0.2, -0.15) is 0 Å². The van der Waals surface area contributed by atoms with Crippen LogP contribution in [0.1, 0.15) is 44.9 Å². The smallest absolute Gasteiger partial charge is 0.352 e. The van der Waals surface area contributed by atoms with Gasteiger partial charge >= 0.3 is 11.9 Å². The van der Waals surface area contributed by atoms with Crippen LogP contribution in [-0.4, -0.2) is 69.1 Å². The van der Waals surface area contributed by atoms with Crippen LogP contribution in [0.15, 0.2) is 0 Å². The fourth-order valence-electron chi connectivity index (χ4n) is 2.81. The van der Waals surface area contributed by atoms with Gasteiger partial charge in [-0.3, -0.25) is 28.9 Å². The van der Waals surface area contributed by atoms with Gasteiger partial charge in [0.1, 0.15) is 12.6 Å². The van der Waals surface area contributed by atoms with Crippen LogP contribution >= 0.6 is 0 Å². The largest absolute Gasteiger partial charge is 0.480 e. The second-order valence-electron chi connectivity index (χ2n) is 6.23. The maximum atomic E-state index is 11.8. The number of carboxylic acids is 1. The first kappa shape index (κ1) is 21.0. The Bertz CT molecular complexity index is 701. The summed E-state index contributed by atoms with van der Waals surface area (Å²) in [5.74, 6) is -5.35. The lowest BCUT2D eigenvalue weighted by Crippen LogP contribution is -2.44. The second-order valence-corrected chi connectivity index (χ2v) is 6.23.